The van der Waals surface area contributed by atoms with Gasteiger partial charge in [-0.2, -0.15) is 0 Å². The highest BCUT2D eigenvalue weighted by molar-refractivity contribution is 7.99. The number of aryl methyl sites for hydroxylation is 1. The van der Waals surface area contributed by atoms with E-state index >= 15 is 0 Å². The van der Waals surface area contributed by atoms with Crippen molar-refractivity contribution < 1.29 is 4.79 Å². The molecule has 0 spiro atoms. The van der Waals surface area contributed by atoms with Crippen LogP contribution in [-0.4, -0.2) is 28.2 Å². The molecule has 0 radical (unpaired) electrons. The molecule has 128 valence electrons. The number of hydrogen-bond acceptors (Lipinski definition) is 5. The van der Waals surface area contributed by atoms with E-state index in [4.69, 9.17) is 0 Å². The van der Waals surface area contributed by atoms with Gasteiger partial charge in [0.05, 0.1) is 11.4 Å². The topological polar surface area (TPSA) is 54.9 Å². The van der Waals surface area contributed by atoms with Crippen molar-refractivity contribution in [2.45, 2.75) is 18.5 Å². The Morgan fingerprint density at radius 1 is 1.16 bits per heavy atom. The molecule has 1 N–H and O–H groups in total. The van der Waals surface area contributed by atoms with Crippen LogP contribution < -0.4 is 5.32 Å². The molecule has 0 aliphatic rings. The first-order chi connectivity index (χ1) is 12.2. The smallest absolute Gasteiger partial charge is 0.230 e. The van der Waals surface area contributed by atoms with E-state index in [0.29, 0.717) is 17.5 Å². The number of thioether (sulfide) groups is 1. The van der Waals surface area contributed by atoms with Crippen LogP contribution in [0.3, 0.4) is 0 Å². The Bertz CT molecular complexity index is 820. The van der Waals surface area contributed by atoms with Crippen molar-refractivity contribution in [3.63, 3.8) is 0 Å². The maximum Gasteiger partial charge on any atom is 0.230 e. The Morgan fingerprint density at radius 3 is 2.76 bits per heavy atom. The first-order valence-corrected chi connectivity index (χ1v) is 9.90. The van der Waals surface area contributed by atoms with Crippen LogP contribution in [-0.2, 0) is 11.2 Å². The van der Waals surface area contributed by atoms with Gasteiger partial charge in [0, 0.05) is 22.7 Å². The third-order valence-electron chi connectivity index (χ3n) is 3.51. The summed E-state index contributed by atoms with van der Waals surface area (Å²) in [6.07, 6.45) is 0.868. The predicted octanol–water partition coefficient (Wildman–Crippen LogP) is 3.96. The monoisotopic (exact) mass is 369 g/mol. The fourth-order valence-electron chi connectivity index (χ4n) is 2.32. The molecule has 2 heterocycles. The number of rotatable bonds is 7. The molecule has 4 nitrogen and oxygen atoms in total. The number of aromatic nitrogens is 2. The second-order valence-corrected chi connectivity index (χ2v) is 7.49. The lowest BCUT2D eigenvalue weighted by Crippen LogP contribution is -2.27. The van der Waals surface area contributed by atoms with E-state index in [1.54, 1.807) is 11.3 Å². The summed E-state index contributed by atoms with van der Waals surface area (Å²) in [7, 11) is 0. The van der Waals surface area contributed by atoms with Crippen molar-refractivity contribution >= 4 is 29.0 Å². The van der Waals surface area contributed by atoms with Crippen LogP contribution in [0.1, 0.15) is 10.6 Å². The van der Waals surface area contributed by atoms with Gasteiger partial charge >= 0.3 is 0 Å². The molecule has 0 fully saturated rings. The minimum Gasteiger partial charge on any atom is -0.355 e. The summed E-state index contributed by atoms with van der Waals surface area (Å²) in [5.74, 6) is 0.329. The average Bonchev–Trinajstić information content (AvgIpc) is 3.14. The quantitative estimate of drug-likeness (QED) is 0.506. The van der Waals surface area contributed by atoms with Gasteiger partial charge in [0.2, 0.25) is 5.91 Å². The summed E-state index contributed by atoms with van der Waals surface area (Å²) >= 11 is 3.08. The van der Waals surface area contributed by atoms with E-state index in [1.165, 1.54) is 16.6 Å². The molecule has 0 aliphatic carbocycles. The van der Waals surface area contributed by atoms with Crippen LogP contribution >= 0.6 is 23.1 Å². The maximum atomic E-state index is 12.0. The number of hydrogen-bond donors (Lipinski definition) is 1. The lowest BCUT2D eigenvalue weighted by atomic mass is 10.1. The zero-order valence-electron chi connectivity index (χ0n) is 13.9. The highest BCUT2D eigenvalue weighted by Crippen LogP contribution is 2.21. The highest BCUT2D eigenvalue weighted by atomic mass is 32.2. The van der Waals surface area contributed by atoms with Gasteiger partial charge in [0.25, 0.3) is 0 Å². The maximum absolute atomic E-state index is 12.0. The number of nitrogens with one attached hydrogen (secondary N) is 1. The van der Waals surface area contributed by atoms with Gasteiger partial charge in [-0.1, -0.05) is 48.2 Å². The van der Waals surface area contributed by atoms with Crippen LogP contribution in [0.15, 0.2) is 59.1 Å². The Kier molecular flexibility index (Phi) is 6.19. The summed E-state index contributed by atoms with van der Waals surface area (Å²) in [6.45, 7) is 2.60. The van der Waals surface area contributed by atoms with Crippen LogP contribution in [0.2, 0.25) is 0 Å². The molecule has 0 bridgehead atoms. The van der Waals surface area contributed by atoms with Crippen molar-refractivity contribution in [2.75, 3.05) is 12.3 Å². The summed E-state index contributed by atoms with van der Waals surface area (Å²) in [5, 5.41) is 5.62. The third kappa shape index (κ3) is 5.41. The van der Waals surface area contributed by atoms with E-state index in [9.17, 15) is 4.79 Å². The molecule has 1 aromatic carbocycles. The largest absolute Gasteiger partial charge is 0.355 e. The van der Waals surface area contributed by atoms with Crippen molar-refractivity contribution in [3.05, 3.63) is 64.5 Å². The van der Waals surface area contributed by atoms with E-state index < -0.39 is 0 Å². The molecule has 0 saturated carbocycles. The molecular weight excluding hydrogens is 350 g/mol. The van der Waals surface area contributed by atoms with Gasteiger partial charge in [-0.05, 0) is 30.9 Å². The standard InChI is InChI=1S/C19H19N3OS2/c1-14-12-17(15-6-3-2-4-7-15)22-19(21-14)25-13-18(23)20-10-9-16-8-5-11-24-16/h2-8,11-12H,9-10,13H2,1H3,(H,20,23). The molecule has 0 saturated heterocycles. The minimum absolute atomic E-state index is 0.00734. The second kappa shape index (κ2) is 8.78. The van der Waals surface area contributed by atoms with E-state index in [2.05, 4.69) is 21.4 Å². The van der Waals surface area contributed by atoms with Gasteiger partial charge in [0.1, 0.15) is 0 Å². The molecule has 6 heteroatoms. The van der Waals surface area contributed by atoms with Crippen LogP contribution in [0.5, 0.6) is 0 Å². The van der Waals surface area contributed by atoms with Crippen LogP contribution in [0, 0.1) is 6.92 Å². The molecule has 0 atom stereocenters. The van der Waals surface area contributed by atoms with Gasteiger partial charge < -0.3 is 5.32 Å². The van der Waals surface area contributed by atoms with Gasteiger partial charge in [-0.25, -0.2) is 9.97 Å². The van der Waals surface area contributed by atoms with Crippen LogP contribution in [0.25, 0.3) is 11.3 Å². The molecule has 0 aliphatic heterocycles. The zero-order chi connectivity index (χ0) is 17.5. The Morgan fingerprint density at radius 2 is 2.00 bits per heavy atom. The third-order valence-corrected chi connectivity index (χ3v) is 5.29. The summed E-state index contributed by atoms with van der Waals surface area (Å²) in [6, 6.07) is 16.1. The number of nitrogens with zero attached hydrogens (tertiary/aromatic N) is 2. The van der Waals surface area contributed by atoms with Gasteiger partial charge in [0.15, 0.2) is 5.16 Å². The number of thiophene rings is 1. The Labute approximate surface area is 155 Å². The molecule has 1 amide bonds. The second-order valence-electron chi connectivity index (χ2n) is 5.51. The molecule has 3 rings (SSSR count). The average molecular weight is 370 g/mol. The fraction of sp³-hybridized carbons (Fsp3) is 0.211. The van der Waals surface area contributed by atoms with E-state index in [0.717, 1.165) is 23.4 Å². The lowest BCUT2D eigenvalue weighted by molar-refractivity contribution is -0.118. The summed E-state index contributed by atoms with van der Waals surface area (Å²) < 4.78 is 0. The molecule has 25 heavy (non-hydrogen) atoms. The summed E-state index contributed by atoms with van der Waals surface area (Å²) in [5.41, 5.74) is 2.83. The number of benzene rings is 1. The number of amides is 1. The SMILES string of the molecule is Cc1cc(-c2ccccc2)nc(SCC(=O)NCCc2cccs2)n1. The fourth-order valence-corrected chi connectivity index (χ4v) is 3.77. The first-order valence-electron chi connectivity index (χ1n) is 8.04. The van der Waals surface area contributed by atoms with E-state index in [1.807, 2.05) is 54.8 Å². The summed E-state index contributed by atoms with van der Waals surface area (Å²) in [4.78, 5) is 22.3. The van der Waals surface area contributed by atoms with Crippen molar-refractivity contribution in [2.24, 2.45) is 0 Å². The first kappa shape index (κ1) is 17.6. The van der Waals surface area contributed by atoms with Crippen molar-refractivity contribution in [3.8, 4) is 11.3 Å². The molecule has 2 aromatic heterocycles. The number of carbonyl (C=O) groups is 1. The Hall–Kier alpha value is -2.18. The molecule has 3 aromatic rings. The van der Waals surface area contributed by atoms with Gasteiger partial charge in [-0.15, -0.1) is 11.3 Å². The molecular formula is C19H19N3OS2. The van der Waals surface area contributed by atoms with E-state index in [-0.39, 0.29) is 5.91 Å². The zero-order valence-corrected chi connectivity index (χ0v) is 15.6. The normalized spacial score (nSPS) is 10.6. The predicted molar refractivity (Wildman–Crippen MR) is 104 cm³/mol. The minimum atomic E-state index is 0.00734. The molecule has 0 unspecified atom stereocenters. The number of carbonyl (C=O) groups excluding carboxylic acids is 1. The lowest BCUT2D eigenvalue weighted by Gasteiger charge is -2.07. The van der Waals surface area contributed by atoms with Crippen LogP contribution in [0.4, 0.5) is 0 Å². The Balaban J connectivity index is 1.54. The van der Waals surface area contributed by atoms with Crippen molar-refractivity contribution in [1.29, 1.82) is 0 Å². The van der Waals surface area contributed by atoms with Crippen molar-refractivity contribution in [1.82, 2.24) is 15.3 Å². The highest BCUT2D eigenvalue weighted by Gasteiger charge is 2.08. The van der Waals surface area contributed by atoms with Gasteiger partial charge in [-0.3, -0.25) is 4.79 Å².